The molecule has 0 aliphatic rings. The first-order chi connectivity index (χ1) is 8.00. The summed E-state index contributed by atoms with van der Waals surface area (Å²) in [6.07, 6.45) is -0.816. The number of hydrogen-bond donors (Lipinski definition) is 1. The Morgan fingerprint density at radius 2 is 1.88 bits per heavy atom. The summed E-state index contributed by atoms with van der Waals surface area (Å²) in [5, 5.41) is 2.52. The average Bonchev–Trinajstić information content (AvgIpc) is 2.29. The predicted octanol–water partition coefficient (Wildman–Crippen LogP) is 3.56. The highest BCUT2D eigenvalue weighted by molar-refractivity contribution is 5.70. The number of amides is 1. The topological polar surface area (TPSA) is 38.3 Å². The van der Waals surface area contributed by atoms with E-state index in [1.807, 2.05) is 37.3 Å². The van der Waals surface area contributed by atoms with Crippen LogP contribution in [0.3, 0.4) is 0 Å². The Morgan fingerprint density at radius 1 is 1.29 bits per heavy atom. The van der Waals surface area contributed by atoms with E-state index < -0.39 is 6.09 Å². The Hall–Kier alpha value is -2.03. The van der Waals surface area contributed by atoms with E-state index in [1.165, 1.54) is 0 Å². The molecular weight excluding hydrogens is 214 g/mol. The highest BCUT2D eigenvalue weighted by Gasteiger charge is 2.11. The van der Waals surface area contributed by atoms with Crippen molar-refractivity contribution in [3.8, 4) is 0 Å². The third-order valence-corrected chi connectivity index (χ3v) is 2.32. The van der Waals surface area contributed by atoms with Gasteiger partial charge in [0.15, 0.2) is 0 Å². The van der Waals surface area contributed by atoms with Gasteiger partial charge in [0.1, 0.15) is 6.10 Å². The molecule has 0 aromatic heterocycles. The van der Waals surface area contributed by atoms with Crippen molar-refractivity contribution < 1.29 is 9.53 Å². The standard InChI is InChI=1S/C14H17NO2/c1-10(2)11(3)15-14(16)17-12(4)13-8-6-5-7-9-13/h5-9,12H,1,3H2,2,4H3,(H,15,16)/t12-/m1/s1. The molecule has 3 nitrogen and oxygen atoms in total. The minimum absolute atomic E-state index is 0.297. The first kappa shape index (κ1) is 13.0. The van der Waals surface area contributed by atoms with Gasteiger partial charge in [0.2, 0.25) is 0 Å². The second kappa shape index (κ2) is 5.89. The maximum absolute atomic E-state index is 11.5. The number of allylic oxidation sites excluding steroid dienone is 1. The molecule has 17 heavy (non-hydrogen) atoms. The molecule has 1 rings (SSSR count). The molecule has 1 atom stereocenters. The summed E-state index contributed by atoms with van der Waals surface area (Å²) in [7, 11) is 0. The van der Waals surface area contributed by atoms with Crippen LogP contribution in [-0.2, 0) is 4.74 Å². The van der Waals surface area contributed by atoms with Gasteiger partial charge in [-0.2, -0.15) is 0 Å². The van der Waals surface area contributed by atoms with E-state index in [0.29, 0.717) is 11.3 Å². The number of benzene rings is 1. The summed E-state index contributed by atoms with van der Waals surface area (Å²) in [6.45, 7) is 10.9. The van der Waals surface area contributed by atoms with Gasteiger partial charge in [0.05, 0.1) is 0 Å². The van der Waals surface area contributed by atoms with Crippen molar-refractivity contribution in [1.82, 2.24) is 5.32 Å². The fourth-order valence-corrected chi connectivity index (χ4v) is 1.21. The molecule has 0 saturated heterocycles. The summed E-state index contributed by atoms with van der Waals surface area (Å²) < 4.78 is 5.21. The van der Waals surface area contributed by atoms with E-state index in [2.05, 4.69) is 18.5 Å². The van der Waals surface area contributed by atoms with Crippen molar-refractivity contribution in [3.05, 3.63) is 60.3 Å². The maximum atomic E-state index is 11.5. The van der Waals surface area contributed by atoms with Crippen molar-refractivity contribution >= 4 is 6.09 Å². The molecule has 3 heteroatoms. The van der Waals surface area contributed by atoms with E-state index >= 15 is 0 Å². The first-order valence-electron chi connectivity index (χ1n) is 5.38. The van der Waals surface area contributed by atoms with Gasteiger partial charge in [-0.3, -0.25) is 5.32 Å². The maximum Gasteiger partial charge on any atom is 0.412 e. The van der Waals surface area contributed by atoms with Crippen LogP contribution >= 0.6 is 0 Å². The average molecular weight is 231 g/mol. The predicted molar refractivity (Wildman–Crippen MR) is 68.4 cm³/mol. The molecule has 0 aliphatic heterocycles. The second-order valence-corrected chi connectivity index (χ2v) is 3.84. The molecule has 1 N–H and O–H groups in total. The number of alkyl carbamates (subject to hydrolysis) is 1. The van der Waals surface area contributed by atoms with E-state index in [0.717, 1.165) is 5.56 Å². The monoisotopic (exact) mass is 231 g/mol. The van der Waals surface area contributed by atoms with Crippen LogP contribution in [-0.4, -0.2) is 6.09 Å². The van der Waals surface area contributed by atoms with Gasteiger partial charge < -0.3 is 4.74 Å². The molecular formula is C14H17NO2. The molecule has 0 radical (unpaired) electrons. The quantitative estimate of drug-likeness (QED) is 0.804. The smallest absolute Gasteiger partial charge is 0.412 e. The zero-order valence-corrected chi connectivity index (χ0v) is 10.2. The third kappa shape index (κ3) is 4.15. The van der Waals surface area contributed by atoms with Crippen molar-refractivity contribution in [3.63, 3.8) is 0 Å². The summed E-state index contributed by atoms with van der Waals surface area (Å²) in [4.78, 5) is 11.5. The molecule has 1 aromatic rings. The lowest BCUT2D eigenvalue weighted by molar-refractivity contribution is 0.110. The lowest BCUT2D eigenvalue weighted by Gasteiger charge is -2.15. The summed E-state index contributed by atoms with van der Waals surface area (Å²) >= 11 is 0. The lowest BCUT2D eigenvalue weighted by atomic mass is 10.1. The second-order valence-electron chi connectivity index (χ2n) is 3.84. The van der Waals surface area contributed by atoms with Crippen molar-refractivity contribution in [2.45, 2.75) is 20.0 Å². The number of carbonyl (C=O) groups excluding carboxylic acids is 1. The molecule has 0 saturated carbocycles. The van der Waals surface area contributed by atoms with Gasteiger partial charge in [0.25, 0.3) is 0 Å². The normalized spacial score (nSPS) is 11.4. The van der Waals surface area contributed by atoms with E-state index in [-0.39, 0.29) is 6.10 Å². The van der Waals surface area contributed by atoms with Gasteiger partial charge in [0, 0.05) is 5.70 Å². The molecule has 90 valence electrons. The Bertz CT molecular complexity index is 423. The number of nitrogens with one attached hydrogen (secondary N) is 1. The van der Waals surface area contributed by atoms with Crippen LogP contribution in [0.1, 0.15) is 25.5 Å². The van der Waals surface area contributed by atoms with Gasteiger partial charge >= 0.3 is 6.09 Å². The largest absolute Gasteiger partial charge is 0.441 e. The number of carbonyl (C=O) groups is 1. The van der Waals surface area contributed by atoms with E-state index in [1.54, 1.807) is 6.92 Å². The molecule has 0 heterocycles. The summed E-state index contributed by atoms with van der Waals surface area (Å²) in [5.41, 5.74) is 2.12. The summed E-state index contributed by atoms with van der Waals surface area (Å²) in [6, 6.07) is 9.54. The van der Waals surface area contributed by atoms with Crippen molar-refractivity contribution in [2.24, 2.45) is 0 Å². The molecule has 1 amide bonds. The lowest BCUT2D eigenvalue weighted by Crippen LogP contribution is -2.24. The Morgan fingerprint density at radius 3 is 2.41 bits per heavy atom. The third-order valence-electron chi connectivity index (χ3n) is 2.32. The zero-order chi connectivity index (χ0) is 12.8. The molecule has 0 fully saturated rings. The minimum atomic E-state index is -0.519. The minimum Gasteiger partial charge on any atom is -0.441 e. The van der Waals surface area contributed by atoms with Gasteiger partial charge in [-0.05, 0) is 25.0 Å². The van der Waals surface area contributed by atoms with Crippen LogP contribution in [0.15, 0.2) is 54.8 Å². The Balaban J connectivity index is 2.52. The van der Waals surface area contributed by atoms with Gasteiger partial charge in [-0.15, -0.1) is 0 Å². The highest BCUT2D eigenvalue weighted by Crippen LogP contribution is 2.16. The first-order valence-corrected chi connectivity index (χ1v) is 5.38. The number of ether oxygens (including phenoxy) is 1. The van der Waals surface area contributed by atoms with E-state index in [4.69, 9.17) is 4.74 Å². The van der Waals surface area contributed by atoms with Crippen LogP contribution in [0.5, 0.6) is 0 Å². The van der Waals surface area contributed by atoms with E-state index in [9.17, 15) is 4.79 Å². The SMILES string of the molecule is C=C(C)C(=C)NC(=O)O[C@H](C)c1ccccc1. The van der Waals surface area contributed by atoms with Gasteiger partial charge in [-0.1, -0.05) is 43.5 Å². The van der Waals surface area contributed by atoms with Crippen LogP contribution in [0.2, 0.25) is 0 Å². The summed E-state index contributed by atoms with van der Waals surface area (Å²) in [5.74, 6) is 0. The Kier molecular flexibility index (Phi) is 4.52. The number of rotatable bonds is 4. The Labute approximate surface area is 102 Å². The highest BCUT2D eigenvalue weighted by atomic mass is 16.6. The fraction of sp³-hybridized carbons (Fsp3) is 0.214. The molecule has 0 bridgehead atoms. The molecule has 1 aromatic carbocycles. The van der Waals surface area contributed by atoms with Crippen LogP contribution in [0, 0.1) is 0 Å². The van der Waals surface area contributed by atoms with Crippen LogP contribution in [0.4, 0.5) is 4.79 Å². The fourth-order valence-electron chi connectivity index (χ4n) is 1.21. The van der Waals surface area contributed by atoms with Crippen molar-refractivity contribution in [1.29, 1.82) is 0 Å². The van der Waals surface area contributed by atoms with Crippen molar-refractivity contribution in [2.75, 3.05) is 0 Å². The zero-order valence-electron chi connectivity index (χ0n) is 10.2. The molecule has 0 unspecified atom stereocenters. The van der Waals surface area contributed by atoms with Crippen LogP contribution in [0.25, 0.3) is 0 Å². The van der Waals surface area contributed by atoms with Crippen LogP contribution < -0.4 is 5.32 Å². The molecule has 0 aliphatic carbocycles. The number of hydrogen-bond acceptors (Lipinski definition) is 2. The molecule has 0 spiro atoms. The van der Waals surface area contributed by atoms with Gasteiger partial charge in [-0.25, -0.2) is 4.79 Å².